The molecule has 0 saturated carbocycles. The van der Waals surface area contributed by atoms with Gasteiger partial charge in [0.05, 0.1) is 26.2 Å². The van der Waals surface area contributed by atoms with E-state index in [-0.39, 0.29) is 0 Å². The Hall–Kier alpha value is -0.800. The predicted octanol–water partition coefficient (Wildman–Crippen LogP) is 1.66. The summed E-state index contributed by atoms with van der Waals surface area (Å²) in [6, 6.07) is 1.93. The van der Waals surface area contributed by atoms with Crippen molar-refractivity contribution in [1.82, 2.24) is 5.06 Å². The molecule has 0 aliphatic carbocycles. The van der Waals surface area contributed by atoms with Gasteiger partial charge in [-0.3, -0.25) is 0 Å². The van der Waals surface area contributed by atoms with Gasteiger partial charge in [0.2, 0.25) is 0 Å². The molecular weight excluding hydrogens is 142 g/mol. The van der Waals surface area contributed by atoms with Crippen LogP contribution in [0.4, 0.5) is 0 Å². The van der Waals surface area contributed by atoms with E-state index in [2.05, 4.69) is 0 Å². The van der Waals surface area contributed by atoms with E-state index in [1.54, 1.807) is 19.6 Å². The van der Waals surface area contributed by atoms with Crippen molar-refractivity contribution in [3.05, 3.63) is 24.2 Å². The summed E-state index contributed by atoms with van der Waals surface area (Å²) in [5, 5.41) is 1.85. The van der Waals surface area contributed by atoms with Crippen molar-refractivity contribution in [3.8, 4) is 0 Å². The molecule has 0 unspecified atom stereocenters. The second-order valence-electron chi connectivity index (χ2n) is 2.27. The number of hydrogen-bond acceptors (Lipinski definition) is 3. The third-order valence-electron chi connectivity index (χ3n) is 1.55. The molecule has 0 saturated heterocycles. The number of hydrogen-bond donors (Lipinski definition) is 0. The summed E-state index contributed by atoms with van der Waals surface area (Å²) in [6.45, 7) is 3.70. The fraction of sp³-hybridized carbons (Fsp3) is 0.500. The zero-order valence-corrected chi connectivity index (χ0v) is 6.91. The fourth-order valence-corrected chi connectivity index (χ4v) is 0.892. The van der Waals surface area contributed by atoms with E-state index in [4.69, 9.17) is 9.25 Å². The number of furan rings is 1. The molecular formula is C8H13NO2. The summed E-state index contributed by atoms with van der Waals surface area (Å²) in [7, 11) is 1.67. The zero-order valence-electron chi connectivity index (χ0n) is 6.91. The van der Waals surface area contributed by atoms with E-state index in [9.17, 15) is 0 Å². The summed E-state index contributed by atoms with van der Waals surface area (Å²) < 4.78 is 4.92. The summed E-state index contributed by atoms with van der Waals surface area (Å²) in [6.07, 6.45) is 3.39. The van der Waals surface area contributed by atoms with Crippen LogP contribution in [-0.4, -0.2) is 18.7 Å². The molecule has 0 N–H and O–H groups in total. The molecule has 0 bridgehead atoms. The van der Waals surface area contributed by atoms with E-state index in [0.717, 1.165) is 18.7 Å². The van der Waals surface area contributed by atoms with Crippen LogP contribution in [0.25, 0.3) is 0 Å². The largest absolute Gasteiger partial charge is 0.472 e. The van der Waals surface area contributed by atoms with Crippen LogP contribution in [0.1, 0.15) is 12.5 Å². The molecule has 0 radical (unpaired) electrons. The maximum Gasteiger partial charge on any atom is 0.0948 e. The van der Waals surface area contributed by atoms with Gasteiger partial charge in [-0.2, -0.15) is 5.06 Å². The van der Waals surface area contributed by atoms with Gasteiger partial charge in [-0.1, -0.05) is 6.92 Å². The molecule has 0 aromatic carbocycles. The number of rotatable bonds is 4. The quantitative estimate of drug-likeness (QED) is 0.618. The second-order valence-corrected chi connectivity index (χ2v) is 2.27. The zero-order chi connectivity index (χ0) is 8.10. The molecule has 62 valence electrons. The maximum absolute atomic E-state index is 5.06. The highest BCUT2D eigenvalue weighted by atomic mass is 16.7. The van der Waals surface area contributed by atoms with Crippen LogP contribution in [-0.2, 0) is 11.4 Å². The lowest BCUT2D eigenvalue weighted by Crippen LogP contribution is -2.20. The summed E-state index contributed by atoms with van der Waals surface area (Å²) in [4.78, 5) is 5.06. The summed E-state index contributed by atoms with van der Waals surface area (Å²) in [5.74, 6) is 0. The Morgan fingerprint density at radius 1 is 1.64 bits per heavy atom. The first-order valence-corrected chi connectivity index (χ1v) is 3.67. The Labute approximate surface area is 66.5 Å². The van der Waals surface area contributed by atoms with Crippen LogP contribution < -0.4 is 0 Å². The highest BCUT2D eigenvalue weighted by Crippen LogP contribution is 2.04. The molecule has 0 aliphatic rings. The van der Waals surface area contributed by atoms with E-state index < -0.39 is 0 Å². The third-order valence-corrected chi connectivity index (χ3v) is 1.55. The van der Waals surface area contributed by atoms with E-state index >= 15 is 0 Å². The Kier molecular flexibility index (Phi) is 3.14. The van der Waals surface area contributed by atoms with Gasteiger partial charge in [-0.15, -0.1) is 0 Å². The lowest BCUT2D eigenvalue weighted by atomic mass is 10.3. The molecule has 1 aromatic heterocycles. The molecule has 0 atom stereocenters. The van der Waals surface area contributed by atoms with Crippen molar-refractivity contribution in [1.29, 1.82) is 0 Å². The topological polar surface area (TPSA) is 25.6 Å². The molecule has 0 amide bonds. The second kappa shape index (κ2) is 4.16. The standard InChI is InChI=1S/C8H13NO2/c1-3-9(10-2)6-8-4-5-11-7-8/h4-5,7H,3,6H2,1-2H3. The average Bonchev–Trinajstić information content (AvgIpc) is 2.52. The maximum atomic E-state index is 5.06. The van der Waals surface area contributed by atoms with Crippen molar-refractivity contribution in [2.45, 2.75) is 13.5 Å². The van der Waals surface area contributed by atoms with Gasteiger partial charge in [0.1, 0.15) is 0 Å². The highest BCUT2D eigenvalue weighted by Gasteiger charge is 2.01. The Balaban J connectivity index is 2.41. The lowest BCUT2D eigenvalue weighted by molar-refractivity contribution is -0.135. The van der Waals surface area contributed by atoms with E-state index in [1.165, 1.54) is 0 Å². The minimum absolute atomic E-state index is 0.781. The molecule has 3 nitrogen and oxygen atoms in total. The van der Waals surface area contributed by atoms with Gasteiger partial charge >= 0.3 is 0 Å². The Bertz CT molecular complexity index is 180. The molecule has 1 rings (SSSR count). The first-order chi connectivity index (χ1) is 5.36. The Morgan fingerprint density at radius 2 is 2.45 bits per heavy atom. The predicted molar refractivity (Wildman–Crippen MR) is 41.8 cm³/mol. The minimum atomic E-state index is 0.781. The molecule has 0 fully saturated rings. The number of nitrogens with zero attached hydrogens (tertiary/aromatic N) is 1. The lowest BCUT2D eigenvalue weighted by Gasteiger charge is -2.15. The minimum Gasteiger partial charge on any atom is -0.472 e. The number of hydroxylamine groups is 2. The molecule has 1 heterocycles. The molecule has 3 heteroatoms. The molecule has 0 aliphatic heterocycles. The van der Waals surface area contributed by atoms with Crippen molar-refractivity contribution >= 4 is 0 Å². The van der Waals surface area contributed by atoms with Gasteiger partial charge in [-0.05, 0) is 6.07 Å². The van der Waals surface area contributed by atoms with E-state index in [1.807, 2.05) is 18.1 Å². The van der Waals surface area contributed by atoms with Crippen LogP contribution >= 0.6 is 0 Å². The molecule has 0 spiro atoms. The average molecular weight is 155 g/mol. The van der Waals surface area contributed by atoms with Gasteiger partial charge in [-0.25, -0.2) is 0 Å². The van der Waals surface area contributed by atoms with Crippen molar-refractivity contribution in [3.63, 3.8) is 0 Å². The molecule has 11 heavy (non-hydrogen) atoms. The summed E-state index contributed by atoms with van der Waals surface area (Å²) in [5.41, 5.74) is 1.13. The third kappa shape index (κ3) is 2.37. The van der Waals surface area contributed by atoms with Gasteiger partial charge in [0.25, 0.3) is 0 Å². The van der Waals surface area contributed by atoms with Gasteiger partial charge < -0.3 is 9.25 Å². The van der Waals surface area contributed by atoms with Crippen LogP contribution in [0.3, 0.4) is 0 Å². The van der Waals surface area contributed by atoms with Gasteiger partial charge in [0.15, 0.2) is 0 Å². The monoisotopic (exact) mass is 155 g/mol. The van der Waals surface area contributed by atoms with Crippen LogP contribution in [0.15, 0.2) is 23.0 Å². The SMILES string of the molecule is CCN(Cc1ccoc1)OC. The highest BCUT2D eigenvalue weighted by molar-refractivity contribution is 5.04. The first-order valence-electron chi connectivity index (χ1n) is 3.67. The van der Waals surface area contributed by atoms with E-state index in [0.29, 0.717) is 0 Å². The normalized spacial score (nSPS) is 10.8. The Morgan fingerprint density at radius 3 is 2.91 bits per heavy atom. The van der Waals surface area contributed by atoms with Crippen LogP contribution in [0.5, 0.6) is 0 Å². The molecule has 1 aromatic rings. The summed E-state index contributed by atoms with van der Waals surface area (Å²) >= 11 is 0. The van der Waals surface area contributed by atoms with Gasteiger partial charge in [0, 0.05) is 12.1 Å². The van der Waals surface area contributed by atoms with Crippen molar-refractivity contribution in [2.75, 3.05) is 13.7 Å². The van der Waals surface area contributed by atoms with Crippen LogP contribution in [0.2, 0.25) is 0 Å². The van der Waals surface area contributed by atoms with Crippen molar-refractivity contribution < 1.29 is 9.25 Å². The fourth-order valence-electron chi connectivity index (χ4n) is 0.892. The first kappa shape index (κ1) is 8.30. The van der Waals surface area contributed by atoms with Crippen molar-refractivity contribution in [2.24, 2.45) is 0 Å². The smallest absolute Gasteiger partial charge is 0.0948 e. The van der Waals surface area contributed by atoms with Crippen LogP contribution in [0, 0.1) is 0 Å².